The van der Waals surface area contributed by atoms with Gasteiger partial charge in [-0.25, -0.2) is 9.37 Å². The van der Waals surface area contributed by atoms with Crippen molar-refractivity contribution in [2.75, 3.05) is 50.8 Å². The number of benzene rings is 1. The predicted octanol–water partition coefficient (Wildman–Crippen LogP) is 4.42. The molecule has 0 unspecified atom stereocenters. The van der Waals surface area contributed by atoms with Gasteiger partial charge in [-0.3, -0.25) is 9.59 Å². The van der Waals surface area contributed by atoms with Crippen LogP contribution in [0.3, 0.4) is 0 Å². The van der Waals surface area contributed by atoms with Gasteiger partial charge in [0.1, 0.15) is 11.6 Å². The van der Waals surface area contributed by atoms with Crippen LogP contribution in [0.15, 0.2) is 36.4 Å². The van der Waals surface area contributed by atoms with Crippen molar-refractivity contribution in [1.82, 2.24) is 9.88 Å². The van der Waals surface area contributed by atoms with E-state index < -0.39 is 5.91 Å². The Kier molecular flexibility index (Phi) is 8.69. The number of hydrogen-bond acceptors (Lipinski definition) is 6. The number of pyridine rings is 1. The highest BCUT2D eigenvalue weighted by atomic mass is 19.1. The zero-order chi connectivity index (χ0) is 26.5. The normalized spacial score (nSPS) is 23.3. The number of Topliss-reactive ketones (excluding diaryl/α,β-unsaturated/α-hetero) is 1. The number of ether oxygens (including phenoxy) is 1. The van der Waals surface area contributed by atoms with E-state index in [1.54, 1.807) is 12.1 Å². The quantitative estimate of drug-likeness (QED) is 0.517. The van der Waals surface area contributed by atoms with Gasteiger partial charge in [-0.1, -0.05) is 0 Å². The molecule has 1 saturated carbocycles. The third-order valence-electron chi connectivity index (χ3n) is 8.68. The van der Waals surface area contributed by atoms with Crippen LogP contribution in [0, 0.1) is 17.7 Å². The molecule has 3 fully saturated rings. The van der Waals surface area contributed by atoms with Crippen molar-refractivity contribution in [3.63, 3.8) is 0 Å². The van der Waals surface area contributed by atoms with Crippen LogP contribution in [0.5, 0.6) is 0 Å². The molecule has 2 aromatic rings. The second-order valence-corrected chi connectivity index (χ2v) is 11.1. The first-order valence-electron chi connectivity index (χ1n) is 14.1. The van der Waals surface area contributed by atoms with Crippen molar-refractivity contribution in [2.24, 2.45) is 17.6 Å². The zero-order valence-corrected chi connectivity index (χ0v) is 22.1. The van der Waals surface area contributed by atoms with Crippen LogP contribution in [0.2, 0.25) is 0 Å². The summed E-state index contributed by atoms with van der Waals surface area (Å²) in [7, 11) is 0. The van der Waals surface area contributed by atoms with Gasteiger partial charge in [-0.05, 0) is 107 Å². The number of nitrogens with two attached hydrogens (primary N) is 1. The smallest absolute Gasteiger partial charge is 0.250 e. The van der Waals surface area contributed by atoms with E-state index in [0.717, 1.165) is 89.2 Å². The maximum Gasteiger partial charge on any atom is 0.250 e. The third kappa shape index (κ3) is 6.41. The van der Waals surface area contributed by atoms with E-state index in [2.05, 4.69) is 9.80 Å². The standard InChI is InChI=1S/C30H39FN4O3/c31-25-7-5-23(6-8-25)29(36)24-12-15-34(16-13-24)14-11-21-1-3-22(4-2-21)28-26(30(32)37)9-10-27(33-28)35-17-19-38-20-18-35/h5-10,21-22,24H,1-4,11-20H2,(H2,32,37). The van der Waals surface area contributed by atoms with E-state index in [9.17, 15) is 14.0 Å². The lowest BCUT2D eigenvalue weighted by atomic mass is 9.78. The number of ketones is 1. The van der Waals surface area contributed by atoms with E-state index in [-0.39, 0.29) is 23.4 Å². The summed E-state index contributed by atoms with van der Waals surface area (Å²) in [6, 6.07) is 9.69. The Morgan fingerprint density at radius 2 is 1.61 bits per heavy atom. The lowest BCUT2D eigenvalue weighted by molar-refractivity contribution is 0.0832. The van der Waals surface area contributed by atoms with Crippen molar-refractivity contribution >= 4 is 17.5 Å². The molecule has 0 atom stereocenters. The highest BCUT2D eigenvalue weighted by Gasteiger charge is 2.29. The molecule has 1 aliphatic carbocycles. The molecule has 1 aromatic carbocycles. The molecule has 3 heterocycles. The van der Waals surface area contributed by atoms with E-state index in [1.807, 2.05) is 12.1 Å². The highest BCUT2D eigenvalue weighted by Crippen LogP contribution is 2.38. The molecule has 5 rings (SSSR count). The molecule has 7 nitrogen and oxygen atoms in total. The lowest BCUT2D eigenvalue weighted by Gasteiger charge is -2.34. The number of likely N-dealkylation sites (tertiary alicyclic amines) is 1. The van der Waals surface area contributed by atoms with Crippen molar-refractivity contribution < 1.29 is 18.7 Å². The minimum absolute atomic E-state index is 0.0346. The van der Waals surface area contributed by atoms with Gasteiger partial charge < -0.3 is 20.3 Å². The van der Waals surface area contributed by atoms with Crippen LogP contribution in [-0.4, -0.2) is 67.5 Å². The number of halogens is 1. The van der Waals surface area contributed by atoms with Crippen molar-refractivity contribution in [1.29, 1.82) is 0 Å². The SMILES string of the molecule is NC(=O)c1ccc(N2CCOCC2)nc1C1CCC(CCN2CCC(C(=O)c3ccc(F)cc3)CC2)CC1. The zero-order valence-electron chi connectivity index (χ0n) is 22.1. The Labute approximate surface area is 224 Å². The summed E-state index contributed by atoms with van der Waals surface area (Å²) in [5.41, 5.74) is 7.76. The Morgan fingerprint density at radius 3 is 2.26 bits per heavy atom. The average molecular weight is 523 g/mol. The molecule has 1 aromatic heterocycles. The van der Waals surface area contributed by atoms with Gasteiger partial charge in [-0.15, -0.1) is 0 Å². The largest absolute Gasteiger partial charge is 0.378 e. The molecular weight excluding hydrogens is 483 g/mol. The number of piperidine rings is 1. The van der Waals surface area contributed by atoms with Crippen LogP contribution in [-0.2, 0) is 4.74 Å². The lowest BCUT2D eigenvalue weighted by Crippen LogP contribution is -2.37. The number of hydrogen-bond donors (Lipinski definition) is 1. The monoisotopic (exact) mass is 522 g/mol. The Bertz CT molecular complexity index is 1100. The third-order valence-corrected chi connectivity index (χ3v) is 8.68. The summed E-state index contributed by atoms with van der Waals surface area (Å²) < 4.78 is 18.7. The molecule has 3 aliphatic rings. The summed E-state index contributed by atoms with van der Waals surface area (Å²) >= 11 is 0. The molecule has 2 N–H and O–H groups in total. The molecule has 0 radical (unpaired) electrons. The number of primary amides is 1. The maximum absolute atomic E-state index is 13.2. The van der Waals surface area contributed by atoms with Gasteiger partial charge in [0.05, 0.1) is 24.5 Å². The number of anilines is 1. The van der Waals surface area contributed by atoms with Gasteiger partial charge in [0.25, 0.3) is 5.91 Å². The van der Waals surface area contributed by atoms with Crippen LogP contribution in [0.1, 0.15) is 77.3 Å². The maximum atomic E-state index is 13.2. The Morgan fingerprint density at radius 1 is 0.921 bits per heavy atom. The number of morpholine rings is 1. The van der Waals surface area contributed by atoms with Gasteiger partial charge in [0, 0.05) is 30.5 Å². The Balaban J connectivity index is 1.09. The summed E-state index contributed by atoms with van der Waals surface area (Å²) in [5, 5.41) is 0. The van der Waals surface area contributed by atoms with Crippen LogP contribution in [0.4, 0.5) is 10.2 Å². The summed E-state index contributed by atoms with van der Waals surface area (Å²) in [6.07, 6.45) is 7.20. The fraction of sp³-hybridized carbons (Fsp3) is 0.567. The number of amides is 1. The number of nitrogens with zero attached hydrogens (tertiary/aromatic N) is 3. The van der Waals surface area contributed by atoms with Crippen LogP contribution in [0.25, 0.3) is 0 Å². The predicted molar refractivity (Wildman–Crippen MR) is 145 cm³/mol. The summed E-state index contributed by atoms with van der Waals surface area (Å²) in [5.74, 6) is 1.32. The van der Waals surface area contributed by atoms with Crippen LogP contribution >= 0.6 is 0 Å². The summed E-state index contributed by atoms with van der Waals surface area (Å²) in [6.45, 7) is 5.95. The first-order valence-corrected chi connectivity index (χ1v) is 14.1. The molecule has 0 bridgehead atoms. The van der Waals surface area contributed by atoms with E-state index in [0.29, 0.717) is 30.3 Å². The fourth-order valence-corrected chi connectivity index (χ4v) is 6.31. The van der Waals surface area contributed by atoms with Crippen molar-refractivity contribution in [3.05, 3.63) is 59.0 Å². The first-order chi connectivity index (χ1) is 18.5. The van der Waals surface area contributed by atoms with Gasteiger partial charge in [-0.2, -0.15) is 0 Å². The molecule has 204 valence electrons. The molecule has 1 amide bonds. The average Bonchev–Trinajstić information content (AvgIpc) is 2.97. The highest BCUT2D eigenvalue weighted by molar-refractivity contribution is 5.97. The number of rotatable bonds is 8. The number of aromatic nitrogens is 1. The molecule has 8 heteroatoms. The second kappa shape index (κ2) is 12.3. The first kappa shape index (κ1) is 26.8. The van der Waals surface area contributed by atoms with E-state index in [1.165, 1.54) is 12.1 Å². The van der Waals surface area contributed by atoms with Gasteiger partial charge in [0.15, 0.2) is 5.78 Å². The van der Waals surface area contributed by atoms with Crippen molar-refractivity contribution in [3.8, 4) is 0 Å². The van der Waals surface area contributed by atoms with Gasteiger partial charge in [0.2, 0.25) is 0 Å². The number of carbonyl (C=O) groups is 2. The molecule has 38 heavy (non-hydrogen) atoms. The minimum atomic E-state index is -0.399. The fourth-order valence-electron chi connectivity index (χ4n) is 6.31. The van der Waals surface area contributed by atoms with Crippen LogP contribution < -0.4 is 10.6 Å². The van der Waals surface area contributed by atoms with E-state index in [4.69, 9.17) is 15.5 Å². The Hall–Kier alpha value is -2.84. The molecule has 2 aliphatic heterocycles. The molecular formula is C30H39FN4O3. The molecule has 0 spiro atoms. The minimum Gasteiger partial charge on any atom is -0.378 e. The van der Waals surface area contributed by atoms with E-state index >= 15 is 0 Å². The van der Waals surface area contributed by atoms with Gasteiger partial charge >= 0.3 is 0 Å². The van der Waals surface area contributed by atoms with Crippen molar-refractivity contribution in [2.45, 2.75) is 50.9 Å². The summed E-state index contributed by atoms with van der Waals surface area (Å²) in [4.78, 5) is 34.6. The molecule has 2 saturated heterocycles. The second-order valence-electron chi connectivity index (χ2n) is 11.1. The number of carbonyl (C=O) groups excluding carboxylic acids is 2. The topological polar surface area (TPSA) is 88.8 Å².